The summed E-state index contributed by atoms with van der Waals surface area (Å²) in [5, 5.41) is 6.33. The first kappa shape index (κ1) is 16.1. The van der Waals surface area contributed by atoms with E-state index in [4.69, 9.17) is 11.6 Å². The molecule has 2 aliphatic heterocycles. The summed E-state index contributed by atoms with van der Waals surface area (Å²) in [6, 6.07) is 1.24. The number of amides is 2. The molecule has 6 nitrogen and oxygen atoms in total. The highest BCUT2D eigenvalue weighted by Gasteiger charge is 2.46. The molecule has 2 amide bonds. The SMILES string of the molecule is CCNc1ncc(C(=O)N2CCC(C)C3CNC(=O)C32)cc1Cl. The highest BCUT2D eigenvalue weighted by molar-refractivity contribution is 6.33. The zero-order chi connectivity index (χ0) is 16.6. The van der Waals surface area contributed by atoms with Gasteiger partial charge in [-0.25, -0.2) is 4.98 Å². The minimum atomic E-state index is -0.376. The molecule has 3 unspecified atom stereocenters. The molecule has 0 saturated carbocycles. The van der Waals surface area contributed by atoms with Crippen molar-refractivity contribution in [2.24, 2.45) is 11.8 Å². The first-order chi connectivity index (χ1) is 11.0. The highest BCUT2D eigenvalue weighted by atomic mass is 35.5. The first-order valence-electron chi connectivity index (χ1n) is 8.01. The molecule has 23 heavy (non-hydrogen) atoms. The number of nitrogens with one attached hydrogen (secondary N) is 2. The van der Waals surface area contributed by atoms with Gasteiger partial charge in [0, 0.05) is 31.7 Å². The van der Waals surface area contributed by atoms with E-state index in [1.54, 1.807) is 11.0 Å². The second kappa shape index (κ2) is 6.35. The van der Waals surface area contributed by atoms with Gasteiger partial charge in [-0.05, 0) is 25.3 Å². The molecule has 3 rings (SSSR count). The number of hydrogen-bond acceptors (Lipinski definition) is 4. The van der Waals surface area contributed by atoms with Crippen LogP contribution in [0.3, 0.4) is 0 Å². The molecular formula is C16H21ClN4O2. The van der Waals surface area contributed by atoms with E-state index in [0.717, 1.165) is 6.42 Å². The van der Waals surface area contributed by atoms with E-state index in [2.05, 4.69) is 22.5 Å². The van der Waals surface area contributed by atoms with E-state index in [-0.39, 0.29) is 23.8 Å². The fourth-order valence-electron chi connectivity index (χ4n) is 3.46. The van der Waals surface area contributed by atoms with Gasteiger partial charge < -0.3 is 15.5 Å². The van der Waals surface area contributed by atoms with Gasteiger partial charge in [0.25, 0.3) is 5.91 Å². The molecule has 0 bridgehead atoms. The molecule has 2 aliphatic rings. The number of piperidine rings is 1. The molecule has 2 N–H and O–H groups in total. The van der Waals surface area contributed by atoms with Crippen molar-refractivity contribution < 1.29 is 9.59 Å². The van der Waals surface area contributed by atoms with Gasteiger partial charge in [0.2, 0.25) is 5.91 Å². The van der Waals surface area contributed by atoms with E-state index < -0.39 is 0 Å². The second-order valence-corrected chi connectivity index (χ2v) is 6.61. The van der Waals surface area contributed by atoms with E-state index in [1.165, 1.54) is 6.20 Å². The first-order valence-corrected chi connectivity index (χ1v) is 8.38. The van der Waals surface area contributed by atoms with Gasteiger partial charge in [-0.2, -0.15) is 0 Å². The van der Waals surface area contributed by atoms with Crippen molar-refractivity contribution in [3.63, 3.8) is 0 Å². The number of carbonyl (C=O) groups excluding carboxylic acids is 2. The summed E-state index contributed by atoms with van der Waals surface area (Å²) < 4.78 is 0. The third-order valence-corrected chi connectivity index (χ3v) is 5.06. The van der Waals surface area contributed by atoms with Gasteiger partial charge in [0.15, 0.2) is 0 Å². The molecule has 7 heteroatoms. The summed E-state index contributed by atoms with van der Waals surface area (Å²) in [6.07, 6.45) is 2.42. The standard InChI is InChI=1S/C16H21ClN4O2/c1-3-18-14-12(17)6-10(7-19-14)16(23)21-5-4-9(2)11-8-20-15(22)13(11)21/h6-7,9,11,13H,3-5,8H2,1-2H3,(H,18,19)(H,20,22). The Morgan fingerprint density at radius 1 is 1.57 bits per heavy atom. The van der Waals surface area contributed by atoms with Gasteiger partial charge in [0.05, 0.1) is 10.6 Å². The smallest absolute Gasteiger partial charge is 0.256 e. The average molecular weight is 337 g/mol. The lowest BCUT2D eigenvalue weighted by atomic mass is 9.82. The number of halogens is 1. The summed E-state index contributed by atoms with van der Waals surface area (Å²) in [5.74, 6) is 0.944. The van der Waals surface area contributed by atoms with Crippen molar-refractivity contribution in [3.05, 3.63) is 22.8 Å². The Labute approximate surface area is 140 Å². The van der Waals surface area contributed by atoms with Crippen molar-refractivity contribution in [2.75, 3.05) is 25.0 Å². The molecule has 3 heterocycles. The lowest BCUT2D eigenvalue weighted by Gasteiger charge is -2.39. The largest absolute Gasteiger partial charge is 0.369 e. The third-order valence-electron chi connectivity index (χ3n) is 4.77. The van der Waals surface area contributed by atoms with Crippen molar-refractivity contribution in [1.29, 1.82) is 0 Å². The topological polar surface area (TPSA) is 74.3 Å². The number of anilines is 1. The molecule has 0 spiro atoms. The Morgan fingerprint density at radius 3 is 3.04 bits per heavy atom. The predicted octanol–water partition coefficient (Wildman–Crippen LogP) is 1.76. The van der Waals surface area contributed by atoms with Crippen LogP contribution in [0.5, 0.6) is 0 Å². The number of carbonyl (C=O) groups is 2. The average Bonchev–Trinajstić information content (AvgIpc) is 2.92. The number of likely N-dealkylation sites (tertiary alicyclic amines) is 1. The Kier molecular flexibility index (Phi) is 4.43. The normalized spacial score (nSPS) is 26.7. The summed E-state index contributed by atoms with van der Waals surface area (Å²) in [5.41, 5.74) is 0.421. The van der Waals surface area contributed by atoms with Crippen molar-refractivity contribution in [1.82, 2.24) is 15.2 Å². The summed E-state index contributed by atoms with van der Waals surface area (Å²) in [4.78, 5) is 30.9. The predicted molar refractivity (Wildman–Crippen MR) is 88.5 cm³/mol. The zero-order valence-corrected chi connectivity index (χ0v) is 14.1. The number of hydrogen-bond donors (Lipinski definition) is 2. The molecular weight excluding hydrogens is 316 g/mol. The van der Waals surface area contributed by atoms with E-state index in [9.17, 15) is 9.59 Å². The maximum absolute atomic E-state index is 12.8. The zero-order valence-electron chi connectivity index (χ0n) is 13.3. The lowest BCUT2D eigenvalue weighted by Crippen LogP contribution is -2.52. The van der Waals surface area contributed by atoms with Crippen LogP contribution in [0.15, 0.2) is 12.3 Å². The highest BCUT2D eigenvalue weighted by Crippen LogP contribution is 2.33. The molecule has 2 fully saturated rings. The Morgan fingerprint density at radius 2 is 2.35 bits per heavy atom. The Balaban J connectivity index is 1.85. The maximum atomic E-state index is 12.8. The van der Waals surface area contributed by atoms with Gasteiger partial charge in [0.1, 0.15) is 11.9 Å². The Hall–Kier alpha value is -1.82. The number of fused-ring (bicyclic) bond motifs is 1. The minimum absolute atomic E-state index is 0.0572. The van der Waals surface area contributed by atoms with Crippen molar-refractivity contribution in [2.45, 2.75) is 26.3 Å². The van der Waals surface area contributed by atoms with Crippen LogP contribution in [0.4, 0.5) is 5.82 Å². The number of rotatable bonds is 3. The number of pyridine rings is 1. The van der Waals surface area contributed by atoms with Gasteiger partial charge in [-0.1, -0.05) is 18.5 Å². The van der Waals surface area contributed by atoms with Gasteiger partial charge in [-0.15, -0.1) is 0 Å². The van der Waals surface area contributed by atoms with Crippen LogP contribution in [0, 0.1) is 11.8 Å². The molecule has 124 valence electrons. The molecule has 2 saturated heterocycles. The van der Waals surface area contributed by atoms with Gasteiger partial charge >= 0.3 is 0 Å². The second-order valence-electron chi connectivity index (χ2n) is 6.20. The number of aromatic nitrogens is 1. The molecule has 3 atom stereocenters. The fourth-order valence-corrected chi connectivity index (χ4v) is 3.69. The van der Waals surface area contributed by atoms with Crippen LogP contribution >= 0.6 is 11.6 Å². The van der Waals surface area contributed by atoms with Crippen LogP contribution in [0.1, 0.15) is 30.6 Å². The van der Waals surface area contributed by atoms with E-state index in [0.29, 0.717) is 42.0 Å². The minimum Gasteiger partial charge on any atom is -0.369 e. The van der Waals surface area contributed by atoms with Crippen LogP contribution in [0.2, 0.25) is 5.02 Å². The molecule has 1 aromatic heterocycles. The summed E-state index contributed by atoms with van der Waals surface area (Å²) in [6.45, 7) is 6.02. The maximum Gasteiger partial charge on any atom is 0.256 e. The van der Waals surface area contributed by atoms with Gasteiger partial charge in [-0.3, -0.25) is 9.59 Å². The fraction of sp³-hybridized carbons (Fsp3) is 0.562. The Bertz CT molecular complexity index is 637. The molecule has 0 radical (unpaired) electrons. The van der Waals surface area contributed by atoms with Crippen LogP contribution in [-0.2, 0) is 4.79 Å². The molecule has 0 aliphatic carbocycles. The van der Waals surface area contributed by atoms with Crippen molar-refractivity contribution in [3.8, 4) is 0 Å². The summed E-state index contributed by atoms with van der Waals surface area (Å²) >= 11 is 6.18. The lowest BCUT2D eigenvalue weighted by molar-refractivity contribution is -0.124. The quantitative estimate of drug-likeness (QED) is 0.882. The van der Waals surface area contributed by atoms with Crippen LogP contribution in [-0.4, -0.2) is 47.4 Å². The van der Waals surface area contributed by atoms with Crippen LogP contribution in [0.25, 0.3) is 0 Å². The van der Waals surface area contributed by atoms with E-state index >= 15 is 0 Å². The van der Waals surface area contributed by atoms with Crippen LogP contribution < -0.4 is 10.6 Å². The number of nitrogens with zero attached hydrogens (tertiary/aromatic N) is 2. The molecule has 0 aromatic carbocycles. The molecule has 1 aromatic rings. The third kappa shape index (κ3) is 2.87. The monoisotopic (exact) mass is 336 g/mol. The summed E-state index contributed by atoms with van der Waals surface area (Å²) in [7, 11) is 0. The van der Waals surface area contributed by atoms with Crippen molar-refractivity contribution >= 4 is 29.2 Å². The van der Waals surface area contributed by atoms with E-state index in [1.807, 2.05) is 6.92 Å².